The zero-order chi connectivity index (χ0) is 19.1. The molecule has 0 bridgehead atoms. The number of carbonyl (C=O) groups is 1. The molecule has 5 heteroatoms. The summed E-state index contributed by atoms with van der Waals surface area (Å²) in [6.45, 7) is 3.20. The van der Waals surface area contributed by atoms with Gasteiger partial charge >= 0.3 is 5.97 Å². The van der Waals surface area contributed by atoms with Crippen LogP contribution in [0.1, 0.15) is 77.6 Å². The average molecular weight is 365 g/mol. The molecule has 0 spiro atoms. The summed E-state index contributed by atoms with van der Waals surface area (Å²) in [7, 11) is 0. The molecule has 1 heterocycles. The van der Waals surface area contributed by atoms with E-state index in [1.807, 2.05) is 6.20 Å². The molecule has 26 heavy (non-hydrogen) atoms. The summed E-state index contributed by atoms with van der Waals surface area (Å²) >= 11 is 0. The fraction of sp³-hybridized carbons (Fsp3) is 0.714. The number of nitrogens with two attached hydrogens (primary N) is 1. The smallest absolute Gasteiger partial charge is 0.360 e. The lowest BCUT2D eigenvalue weighted by atomic mass is 10.1. The lowest BCUT2D eigenvalue weighted by Gasteiger charge is -2.30. The summed E-state index contributed by atoms with van der Waals surface area (Å²) in [6.07, 6.45) is 21.6. The number of carboxylic acids is 1. The number of amidine groups is 1. The lowest BCUT2D eigenvalue weighted by molar-refractivity contribution is -0.778. The van der Waals surface area contributed by atoms with E-state index < -0.39 is 5.97 Å². The van der Waals surface area contributed by atoms with Gasteiger partial charge in [-0.3, -0.25) is 0 Å². The number of rotatable bonds is 16. The molecule has 1 unspecified atom stereocenters. The molecule has 1 atom stereocenters. The SMILES string of the molecule is C/C=C/CCCCCCCCCCCC1=NC=C[N+]1(CCN)CC(=O)O. The second kappa shape index (κ2) is 13.7. The van der Waals surface area contributed by atoms with Gasteiger partial charge in [0.05, 0.1) is 6.20 Å². The highest BCUT2D eigenvalue weighted by atomic mass is 16.4. The Hall–Kier alpha value is -1.46. The van der Waals surface area contributed by atoms with Gasteiger partial charge in [0.15, 0.2) is 6.54 Å². The fourth-order valence-corrected chi connectivity index (χ4v) is 3.58. The molecular formula is C21H38N3O2+. The van der Waals surface area contributed by atoms with Gasteiger partial charge in [-0.15, -0.1) is 0 Å². The molecule has 0 saturated carbocycles. The number of aliphatic carboxylic acids is 1. The van der Waals surface area contributed by atoms with Crippen molar-refractivity contribution in [3.63, 3.8) is 0 Å². The molecule has 0 amide bonds. The second-order valence-corrected chi connectivity index (χ2v) is 7.23. The van der Waals surface area contributed by atoms with E-state index in [0.29, 0.717) is 17.6 Å². The first-order valence-corrected chi connectivity index (χ1v) is 10.3. The lowest BCUT2D eigenvalue weighted by Crippen LogP contribution is -2.52. The average Bonchev–Trinajstić information content (AvgIpc) is 2.97. The van der Waals surface area contributed by atoms with Crippen molar-refractivity contribution in [1.82, 2.24) is 0 Å². The molecule has 1 rings (SSSR count). The molecule has 148 valence electrons. The summed E-state index contributed by atoms with van der Waals surface area (Å²) in [5, 5.41) is 9.21. The maximum atomic E-state index is 11.2. The predicted molar refractivity (Wildman–Crippen MR) is 109 cm³/mol. The van der Waals surface area contributed by atoms with Crippen molar-refractivity contribution < 1.29 is 14.4 Å². The van der Waals surface area contributed by atoms with Gasteiger partial charge in [0.25, 0.3) is 0 Å². The second-order valence-electron chi connectivity index (χ2n) is 7.23. The zero-order valence-electron chi connectivity index (χ0n) is 16.5. The number of carboxylic acid groups (broad SMARTS) is 1. The van der Waals surface area contributed by atoms with E-state index in [1.54, 1.807) is 6.20 Å². The highest BCUT2D eigenvalue weighted by Gasteiger charge is 2.36. The van der Waals surface area contributed by atoms with Crippen LogP contribution in [-0.2, 0) is 4.79 Å². The van der Waals surface area contributed by atoms with Gasteiger partial charge in [0.2, 0.25) is 5.84 Å². The number of quaternary nitrogens is 1. The zero-order valence-corrected chi connectivity index (χ0v) is 16.5. The summed E-state index contributed by atoms with van der Waals surface area (Å²) < 4.78 is 0.305. The van der Waals surface area contributed by atoms with Crippen LogP contribution in [0, 0.1) is 0 Å². The number of allylic oxidation sites excluding steroid dienone is 2. The Balaban J connectivity index is 2.11. The predicted octanol–water partition coefficient (Wildman–Crippen LogP) is 4.60. The first-order valence-electron chi connectivity index (χ1n) is 10.3. The highest BCUT2D eigenvalue weighted by molar-refractivity contribution is 5.81. The third-order valence-corrected chi connectivity index (χ3v) is 5.04. The van der Waals surface area contributed by atoms with E-state index in [4.69, 9.17) is 5.73 Å². The van der Waals surface area contributed by atoms with Crippen LogP contribution in [0.25, 0.3) is 0 Å². The molecule has 0 aromatic carbocycles. The van der Waals surface area contributed by atoms with Crippen LogP contribution in [0.4, 0.5) is 0 Å². The van der Waals surface area contributed by atoms with Crippen LogP contribution in [0.5, 0.6) is 0 Å². The minimum atomic E-state index is -0.802. The molecule has 0 fully saturated rings. The van der Waals surface area contributed by atoms with Gasteiger partial charge in [-0.2, -0.15) is 0 Å². The van der Waals surface area contributed by atoms with Gasteiger partial charge in [-0.1, -0.05) is 57.1 Å². The van der Waals surface area contributed by atoms with Gasteiger partial charge in [-0.05, 0) is 26.2 Å². The molecule has 3 N–H and O–H groups in total. The molecule has 0 aromatic rings. The molecule has 1 aliphatic heterocycles. The highest BCUT2D eigenvalue weighted by Crippen LogP contribution is 2.21. The topological polar surface area (TPSA) is 75.7 Å². The van der Waals surface area contributed by atoms with E-state index in [9.17, 15) is 9.90 Å². The summed E-state index contributed by atoms with van der Waals surface area (Å²) in [4.78, 5) is 15.6. The third kappa shape index (κ3) is 8.77. The first kappa shape index (κ1) is 22.6. The van der Waals surface area contributed by atoms with E-state index in [1.165, 1.54) is 57.8 Å². The summed E-state index contributed by atoms with van der Waals surface area (Å²) in [5.74, 6) is 0.155. The van der Waals surface area contributed by atoms with Crippen LogP contribution in [0.2, 0.25) is 0 Å². The van der Waals surface area contributed by atoms with Crippen LogP contribution in [0.3, 0.4) is 0 Å². The van der Waals surface area contributed by atoms with Crippen LogP contribution >= 0.6 is 0 Å². The monoisotopic (exact) mass is 364 g/mol. The Morgan fingerprint density at radius 3 is 2.31 bits per heavy atom. The van der Waals surface area contributed by atoms with Crippen LogP contribution in [0.15, 0.2) is 29.5 Å². The summed E-state index contributed by atoms with van der Waals surface area (Å²) in [5.41, 5.74) is 5.70. The van der Waals surface area contributed by atoms with Gasteiger partial charge in [-0.25, -0.2) is 14.3 Å². The van der Waals surface area contributed by atoms with Crippen LogP contribution < -0.4 is 5.73 Å². The maximum Gasteiger partial charge on any atom is 0.360 e. The number of nitrogens with zero attached hydrogens (tertiary/aromatic N) is 2. The van der Waals surface area contributed by atoms with E-state index in [2.05, 4.69) is 24.1 Å². The Bertz CT molecular complexity index is 486. The molecule has 5 nitrogen and oxygen atoms in total. The first-order chi connectivity index (χ1) is 12.6. The molecule has 0 aromatic heterocycles. The number of unbranched alkanes of at least 4 members (excludes halogenated alkanes) is 9. The summed E-state index contributed by atoms with van der Waals surface area (Å²) in [6, 6.07) is 0. The number of hydrogen-bond donors (Lipinski definition) is 2. The fourth-order valence-electron chi connectivity index (χ4n) is 3.58. The maximum absolute atomic E-state index is 11.2. The van der Waals surface area contributed by atoms with E-state index in [0.717, 1.165) is 18.7 Å². The Morgan fingerprint density at radius 2 is 1.73 bits per heavy atom. The van der Waals surface area contributed by atoms with Gasteiger partial charge in [0.1, 0.15) is 12.7 Å². The number of aliphatic imine (C=N–C) groups is 1. The largest absolute Gasteiger partial charge is 0.477 e. The van der Waals surface area contributed by atoms with E-state index >= 15 is 0 Å². The Morgan fingerprint density at radius 1 is 1.12 bits per heavy atom. The Labute approximate surface area is 159 Å². The minimum absolute atomic E-state index is 0.0422. The molecular weight excluding hydrogens is 326 g/mol. The molecule has 1 aliphatic rings. The van der Waals surface area contributed by atoms with E-state index in [-0.39, 0.29) is 6.54 Å². The standard InChI is InChI=1S/C21H37N3O2/c1-2-3-4-5-6-7-8-9-10-11-12-13-14-20-23-16-18-24(20,17-15-22)19-21(25)26/h2-3,16,18H,4-15,17,19,22H2,1H3/p+1/b3-2+. The van der Waals surface area contributed by atoms with Crippen molar-refractivity contribution in [2.75, 3.05) is 19.6 Å². The third-order valence-electron chi connectivity index (χ3n) is 5.04. The normalized spacial score (nSPS) is 19.4. The Kier molecular flexibility index (Phi) is 11.9. The quantitative estimate of drug-likeness (QED) is 0.239. The molecule has 0 aliphatic carbocycles. The van der Waals surface area contributed by atoms with Crippen molar-refractivity contribution in [1.29, 1.82) is 0 Å². The minimum Gasteiger partial charge on any atom is -0.477 e. The van der Waals surface area contributed by atoms with Crippen LogP contribution in [-0.4, -0.2) is 41.0 Å². The molecule has 0 radical (unpaired) electrons. The van der Waals surface area contributed by atoms with Crippen molar-refractivity contribution in [2.45, 2.75) is 77.6 Å². The van der Waals surface area contributed by atoms with Gasteiger partial charge in [0, 0.05) is 13.0 Å². The van der Waals surface area contributed by atoms with Crippen molar-refractivity contribution in [3.8, 4) is 0 Å². The van der Waals surface area contributed by atoms with Crippen molar-refractivity contribution in [2.24, 2.45) is 10.7 Å². The van der Waals surface area contributed by atoms with Crippen molar-refractivity contribution in [3.05, 3.63) is 24.6 Å². The molecule has 0 saturated heterocycles. The van der Waals surface area contributed by atoms with Crippen molar-refractivity contribution >= 4 is 11.8 Å². The number of hydrogen-bond acceptors (Lipinski definition) is 3. The van der Waals surface area contributed by atoms with Gasteiger partial charge < -0.3 is 10.8 Å².